The Morgan fingerprint density at radius 3 is 3.00 bits per heavy atom. The average molecular weight is 383 g/mol. The van der Waals surface area contributed by atoms with Crippen LogP contribution in [-0.2, 0) is 4.79 Å². The highest BCUT2D eigenvalue weighted by Crippen LogP contribution is 2.28. The lowest BCUT2D eigenvalue weighted by Gasteiger charge is -1.99. The molecule has 0 aliphatic heterocycles. The van der Waals surface area contributed by atoms with Crippen molar-refractivity contribution in [3.63, 3.8) is 0 Å². The van der Waals surface area contributed by atoms with Crippen LogP contribution in [0.25, 0.3) is 10.2 Å². The Bertz CT molecular complexity index is 850. The standard InChI is InChI=1S/C14H14FN5OS3/c1-2-5-16-12-19-20-14(24-12)22-7-11(21)18-13-17-9-4-3-8(15)6-10(9)23-13/h3-4,6H,2,5,7H2,1H3,(H,16,19)(H,17,18,21). The third-order valence-corrected chi connectivity index (χ3v) is 5.80. The van der Waals surface area contributed by atoms with Crippen LogP contribution in [0, 0.1) is 5.82 Å². The van der Waals surface area contributed by atoms with Crippen molar-refractivity contribution >= 4 is 60.8 Å². The molecule has 0 radical (unpaired) electrons. The number of carbonyl (C=O) groups excluding carboxylic acids is 1. The molecule has 126 valence electrons. The van der Waals surface area contributed by atoms with Crippen molar-refractivity contribution in [3.8, 4) is 0 Å². The first-order chi connectivity index (χ1) is 11.6. The summed E-state index contributed by atoms with van der Waals surface area (Å²) in [4.78, 5) is 16.3. The summed E-state index contributed by atoms with van der Waals surface area (Å²) in [5, 5.41) is 15.1. The highest BCUT2D eigenvalue weighted by atomic mass is 32.2. The van der Waals surface area contributed by atoms with Gasteiger partial charge in [0, 0.05) is 6.54 Å². The third-order valence-electron chi connectivity index (χ3n) is 2.86. The van der Waals surface area contributed by atoms with Crippen molar-refractivity contribution in [2.24, 2.45) is 0 Å². The Hall–Kier alpha value is -1.78. The van der Waals surface area contributed by atoms with Crippen molar-refractivity contribution in [3.05, 3.63) is 24.0 Å². The molecule has 10 heteroatoms. The number of hydrogen-bond donors (Lipinski definition) is 2. The molecule has 2 heterocycles. The molecule has 2 aromatic heterocycles. The molecule has 6 nitrogen and oxygen atoms in total. The van der Waals surface area contributed by atoms with E-state index < -0.39 is 0 Å². The molecule has 0 saturated carbocycles. The van der Waals surface area contributed by atoms with E-state index in [1.807, 2.05) is 0 Å². The minimum Gasteiger partial charge on any atom is -0.360 e. The Morgan fingerprint density at radius 2 is 2.17 bits per heavy atom. The lowest BCUT2D eigenvalue weighted by atomic mass is 10.3. The number of hydrogen-bond acceptors (Lipinski definition) is 8. The van der Waals surface area contributed by atoms with Crippen molar-refractivity contribution in [2.45, 2.75) is 17.7 Å². The molecule has 0 unspecified atom stereocenters. The number of aromatic nitrogens is 3. The van der Waals surface area contributed by atoms with Crippen LogP contribution in [0.15, 0.2) is 22.5 Å². The number of thiazole rings is 1. The van der Waals surface area contributed by atoms with E-state index in [9.17, 15) is 9.18 Å². The lowest BCUT2D eigenvalue weighted by molar-refractivity contribution is -0.113. The molecule has 0 atom stereocenters. The second-order valence-electron chi connectivity index (χ2n) is 4.77. The van der Waals surface area contributed by atoms with Crippen LogP contribution in [0.1, 0.15) is 13.3 Å². The number of nitrogens with zero attached hydrogens (tertiary/aromatic N) is 3. The zero-order valence-corrected chi connectivity index (χ0v) is 15.2. The first-order valence-corrected chi connectivity index (χ1v) is 9.82. The number of thioether (sulfide) groups is 1. The molecule has 3 aromatic rings. The van der Waals surface area contributed by atoms with Crippen LogP contribution in [-0.4, -0.2) is 33.4 Å². The molecule has 0 aliphatic rings. The summed E-state index contributed by atoms with van der Waals surface area (Å²) in [7, 11) is 0. The number of carbonyl (C=O) groups is 1. The Kier molecular flexibility index (Phi) is 5.59. The lowest BCUT2D eigenvalue weighted by Crippen LogP contribution is -2.13. The SMILES string of the molecule is CCCNc1nnc(SCC(=O)Nc2nc3ccc(F)cc3s2)s1. The Morgan fingerprint density at radius 1 is 1.29 bits per heavy atom. The first-order valence-electron chi connectivity index (χ1n) is 7.20. The number of nitrogens with one attached hydrogen (secondary N) is 2. The highest BCUT2D eigenvalue weighted by Gasteiger charge is 2.11. The summed E-state index contributed by atoms with van der Waals surface area (Å²) in [6.45, 7) is 2.92. The van der Waals surface area contributed by atoms with Crippen LogP contribution in [0.5, 0.6) is 0 Å². The third kappa shape index (κ3) is 4.40. The predicted molar refractivity (Wildman–Crippen MR) is 97.6 cm³/mol. The number of amides is 1. The molecule has 0 aliphatic carbocycles. The first kappa shape index (κ1) is 17.1. The van der Waals surface area contributed by atoms with Gasteiger partial charge in [0.05, 0.1) is 16.0 Å². The van der Waals surface area contributed by atoms with Crippen molar-refractivity contribution in [1.82, 2.24) is 15.2 Å². The molecule has 3 rings (SSSR count). The molecule has 1 aromatic carbocycles. The molecular formula is C14H14FN5OS3. The summed E-state index contributed by atoms with van der Waals surface area (Å²) >= 11 is 3.99. The van der Waals surface area contributed by atoms with Gasteiger partial charge in [-0.1, -0.05) is 41.4 Å². The van der Waals surface area contributed by atoms with Gasteiger partial charge in [-0.2, -0.15) is 0 Å². The van der Waals surface area contributed by atoms with Crippen LogP contribution in [0.2, 0.25) is 0 Å². The van der Waals surface area contributed by atoms with E-state index in [-0.39, 0.29) is 17.5 Å². The van der Waals surface area contributed by atoms with Gasteiger partial charge in [-0.15, -0.1) is 10.2 Å². The summed E-state index contributed by atoms with van der Waals surface area (Å²) in [5.74, 6) is -0.284. The molecule has 1 amide bonds. The van der Waals surface area contributed by atoms with E-state index in [4.69, 9.17) is 0 Å². The van der Waals surface area contributed by atoms with Crippen LogP contribution in [0.4, 0.5) is 14.7 Å². The van der Waals surface area contributed by atoms with Gasteiger partial charge in [0.15, 0.2) is 9.47 Å². The van der Waals surface area contributed by atoms with E-state index in [1.54, 1.807) is 6.07 Å². The molecule has 0 fully saturated rings. The zero-order chi connectivity index (χ0) is 16.9. The zero-order valence-electron chi connectivity index (χ0n) is 12.7. The molecule has 0 spiro atoms. The van der Waals surface area contributed by atoms with Crippen LogP contribution < -0.4 is 10.6 Å². The van der Waals surface area contributed by atoms with Gasteiger partial charge in [-0.3, -0.25) is 4.79 Å². The Balaban J connectivity index is 1.54. The average Bonchev–Trinajstić information content (AvgIpc) is 3.16. The minimum atomic E-state index is -0.316. The van der Waals surface area contributed by atoms with Crippen molar-refractivity contribution < 1.29 is 9.18 Å². The molecular weight excluding hydrogens is 369 g/mol. The Labute approximate surface area is 149 Å². The van der Waals surface area contributed by atoms with Crippen LogP contribution in [0.3, 0.4) is 0 Å². The number of fused-ring (bicyclic) bond motifs is 1. The maximum absolute atomic E-state index is 13.2. The molecule has 24 heavy (non-hydrogen) atoms. The normalized spacial score (nSPS) is 10.9. The van der Waals surface area contributed by atoms with Crippen LogP contribution >= 0.6 is 34.4 Å². The highest BCUT2D eigenvalue weighted by molar-refractivity contribution is 8.01. The van der Waals surface area contributed by atoms with Gasteiger partial charge in [0.2, 0.25) is 11.0 Å². The van der Waals surface area contributed by atoms with Gasteiger partial charge in [0.25, 0.3) is 0 Å². The largest absolute Gasteiger partial charge is 0.360 e. The maximum atomic E-state index is 13.2. The predicted octanol–water partition coefficient (Wildman–Crippen LogP) is 3.84. The quantitative estimate of drug-likeness (QED) is 0.604. The minimum absolute atomic E-state index is 0.183. The summed E-state index contributed by atoms with van der Waals surface area (Å²) in [6.07, 6.45) is 1.01. The smallest absolute Gasteiger partial charge is 0.236 e. The summed E-state index contributed by atoms with van der Waals surface area (Å²) in [5.41, 5.74) is 0.667. The van der Waals surface area contributed by atoms with Gasteiger partial charge >= 0.3 is 0 Å². The van der Waals surface area contributed by atoms with Gasteiger partial charge < -0.3 is 10.6 Å². The number of anilines is 2. The van der Waals surface area contributed by atoms with Crippen molar-refractivity contribution in [1.29, 1.82) is 0 Å². The molecule has 0 bridgehead atoms. The fraction of sp³-hybridized carbons (Fsp3) is 0.286. The second kappa shape index (κ2) is 7.86. The summed E-state index contributed by atoms with van der Waals surface area (Å²) < 4.78 is 14.6. The van der Waals surface area contributed by atoms with E-state index in [2.05, 4.69) is 32.7 Å². The topological polar surface area (TPSA) is 79.8 Å². The molecule has 0 saturated heterocycles. The molecule has 2 N–H and O–H groups in total. The maximum Gasteiger partial charge on any atom is 0.236 e. The fourth-order valence-corrected chi connectivity index (χ4v) is 4.29. The van der Waals surface area contributed by atoms with E-state index >= 15 is 0 Å². The van der Waals surface area contributed by atoms with Gasteiger partial charge in [-0.05, 0) is 24.6 Å². The van der Waals surface area contributed by atoms with E-state index in [0.717, 1.165) is 22.4 Å². The van der Waals surface area contributed by atoms with Gasteiger partial charge in [0.1, 0.15) is 5.82 Å². The van der Waals surface area contributed by atoms with E-state index in [1.165, 1.54) is 46.6 Å². The van der Waals surface area contributed by atoms with E-state index in [0.29, 0.717) is 15.3 Å². The van der Waals surface area contributed by atoms with Gasteiger partial charge in [-0.25, -0.2) is 9.37 Å². The number of rotatable bonds is 7. The number of benzene rings is 1. The number of halogens is 1. The summed E-state index contributed by atoms with van der Waals surface area (Å²) in [6, 6.07) is 4.35. The second-order valence-corrected chi connectivity index (χ2v) is 8.00. The van der Waals surface area contributed by atoms with Crippen molar-refractivity contribution in [2.75, 3.05) is 22.9 Å². The fourth-order valence-electron chi connectivity index (χ4n) is 1.81. The monoisotopic (exact) mass is 383 g/mol.